The van der Waals surface area contributed by atoms with E-state index < -0.39 is 6.29 Å². The van der Waals surface area contributed by atoms with Crippen LogP contribution in [-0.2, 0) is 9.47 Å². The Morgan fingerprint density at radius 3 is 2.64 bits per heavy atom. The smallest absolute Gasteiger partial charge is 0.176 e. The Labute approximate surface area is 163 Å². The Morgan fingerprint density at radius 2 is 1.96 bits per heavy atom. The third kappa shape index (κ3) is 4.32. The minimum Gasteiger partial charge on any atom is -0.354 e. The van der Waals surface area contributed by atoms with E-state index in [1.54, 1.807) is 50.6 Å². The average molecular weight is 383 g/mol. The fourth-order valence-corrected chi connectivity index (χ4v) is 2.91. The van der Waals surface area contributed by atoms with Crippen LogP contribution in [0, 0.1) is 5.82 Å². The van der Waals surface area contributed by atoms with Gasteiger partial charge in [-0.25, -0.2) is 4.39 Å². The Hall–Kier alpha value is -2.90. The molecule has 0 radical (unpaired) electrons. The third-order valence-electron chi connectivity index (χ3n) is 4.43. The second kappa shape index (κ2) is 8.86. The minimum atomic E-state index is -0.466. The zero-order valence-corrected chi connectivity index (χ0v) is 16.0. The molecule has 6 nitrogen and oxygen atoms in total. The Morgan fingerprint density at radius 1 is 1.21 bits per heavy atom. The van der Waals surface area contributed by atoms with Crippen LogP contribution in [0.5, 0.6) is 0 Å². The molecule has 0 fully saturated rings. The van der Waals surface area contributed by atoms with E-state index in [0.29, 0.717) is 40.5 Å². The van der Waals surface area contributed by atoms with E-state index in [-0.39, 0.29) is 18.1 Å². The molecule has 1 aliphatic heterocycles. The van der Waals surface area contributed by atoms with Crippen LogP contribution in [0.15, 0.2) is 52.4 Å². The minimum absolute atomic E-state index is 0.0724. The van der Waals surface area contributed by atoms with Crippen molar-refractivity contribution in [2.75, 3.05) is 32.6 Å². The molecule has 0 spiro atoms. The van der Waals surface area contributed by atoms with Gasteiger partial charge in [-0.3, -0.25) is 14.8 Å². The van der Waals surface area contributed by atoms with Gasteiger partial charge in [-0.15, -0.1) is 0 Å². The maximum Gasteiger partial charge on any atom is 0.176 e. The summed E-state index contributed by atoms with van der Waals surface area (Å²) in [6, 6.07) is 11.7. The predicted molar refractivity (Wildman–Crippen MR) is 107 cm³/mol. The highest BCUT2D eigenvalue weighted by molar-refractivity contribution is 6.20. The predicted octanol–water partition coefficient (Wildman–Crippen LogP) is 3.31. The van der Waals surface area contributed by atoms with E-state index in [9.17, 15) is 9.18 Å². The van der Waals surface area contributed by atoms with Gasteiger partial charge in [0.05, 0.1) is 18.8 Å². The number of halogens is 1. The van der Waals surface area contributed by atoms with E-state index >= 15 is 0 Å². The van der Waals surface area contributed by atoms with Crippen LogP contribution in [0.25, 0.3) is 0 Å². The molecule has 0 aromatic heterocycles. The maximum atomic E-state index is 14.5. The van der Waals surface area contributed by atoms with Crippen molar-refractivity contribution in [1.29, 1.82) is 0 Å². The van der Waals surface area contributed by atoms with E-state index in [1.807, 2.05) is 0 Å². The number of Topliss-reactive ketones (excluding diaryl/α,β-unsaturated/α-hetero) is 1. The molecule has 0 saturated carbocycles. The van der Waals surface area contributed by atoms with Crippen molar-refractivity contribution in [3.05, 3.63) is 65.0 Å². The number of aliphatic imine (C=N–C) groups is 2. The number of nitrogens with zero attached hydrogens (tertiary/aromatic N) is 2. The number of methoxy groups -OCH3 is 2. The second-order valence-corrected chi connectivity index (χ2v) is 6.27. The van der Waals surface area contributed by atoms with Gasteiger partial charge in [0.1, 0.15) is 11.7 Å². The van der Waals surface area contributed by atoms with Crippen LogP contribution in [-0.4, -0.2) is 50.9 Å². The molecular formula is C21H22FN3O3. The summed E-state index contributed by atoms with van der Waals surface area (Å²) in [5.41, 5.74) is 2.74. The number of ketones is 1. The van der Waals surface area contributed by atoms with Crippen molar-refractivity contribution in [3.63, 3.8) is 0 Å². The highest BCUT2D eigenvalue weighted by Crippen LogP contribution is 2.25. The van der Waals surface area contributed by atoms with Gasteiger partial charge < -0.3 is 14.8 Å². The monoisotopic (exact) mass is 383 g/mol. The standard InChI is InChI=1S/C21H22FN3O3/c1-13(26)14-8-9-18-16(10-14)21(15-6-4-5-7-17(15)22)24-11-19(25-18)23-12-20(27-2)28-3/h4-10,20H,11-12H2,1-3H3,(H,23,25). The van der Waals surface area contributed by atoms with Gasteiger partial charge in [0, 0.05) is 36.6 Å². The molecule has 3 rings (SSSR count). The molecule has 0 unspecified atom stereocenters. The molecule has 0 bridgehead atoms. The maximum absolute atomic E-state index is 14.5. The van der Waals surface area contributed by atoms with E-state index in [2.05, 4.69) is 15.3 Å². The Balaban J connectivity index is 2.07. The summed E-state index contributed by atoms with van der Waals surface area (Å²) in [7, 11) is 3.09. The van der Waals surface area contributed by atoms with Gasteiger partial charge in [0.2, 0.25) is 0 Å². The zero-order chi connectivity index (χ0) is 20.1. The van der Waals surface area contributed by atoms with Crippen LogP contribution in [0.3, 0.4) is 0 Å². The average Bonchev–Trinajstić information content (AvgIpc) is 2.88. The number of carbonyl (C=O) groups is 1. The first-order valence-electron chi connectivity index (χ1n) is 8.84. The summed E-state index contributed by atoms with van der Waals surface area (Å²) >= 11 is 0. The van der Waals surface area contributed by atoms with Crippen molar-refractivity contribution >= 4 is 23.0 Å². The summed E-state index contributed by atoms with van der Waals surface area (Å²) < 4.78 is 24.8. The first kappa shape index (κ1) is 19.9. The van der Waals surface area contributed by atoms with Crippen molar-refractivity contribution in [3.8, 4) is 0 Å². The lowest BCUT2D eigenvalue weighted by Crippen LogP contribution is -2.21. The number of hydrogen-bond acceptors (Lipinski definition) is 5. The van der Waals surface area contributed by atoms with Crippen LogP contribution < -0.4 is 5.32 Å². The number of rotatable bonds is 6. The Kier molecular flexibility index (Phi) is 6.28. The second-order valence-electron chi connectivity index (χ2n) is 6.27. The zero-order valence-electron chi connectivity index (χ0n) is 16.0. The highest BCUT2D eigenvalue weighted by atomic mass is 19.1. The number of ether oxygens (including phenoxy) is 2. The van der Waals surface area contributed by atoms with Crippen molar-refractivity contribution < 1.29 is 18.7 Å². The summed E-state index contributed by atoms with van der Waals surface area (Å²) in [5.74, 6) is 0.152. The molecule has 1 heterocycles. The number of benzodiazepines with no additional fused rings is 1. The number of hydrogen-bond donors (Lipinski definition) is 1. The molecular weight excluding hydrogens is 361 g/mol. The number of anilines is 1. The molecule has 0 saturated heterocycles. The largest absolute Gasteiger partial charge is 0.354 e. The first-order valence-corrected chi connectivity index (χ1v) is 8.84. The van der Waals surface area contributed by atoms with Gasteiger partial charge in [0.25, 0.3) is 0 Å². The summed E-state index contributed by atoms with van der Waals surface area (Å²) in [6.45, 7) is 2.02. The lowest BCUT2D eigenvalue weighted by atomic mass is 9.97. The molecule has 0 aliphatic carbocycles. The molecule has 7 heteroatoms. The molecule has 0 amide bonds. The van der Waals surface area contributed by atoms with E-state index in [0.717, 1.165) is 0 Å². The van der Waals surface area contributed by atoms with Gasteiger partial charge in [-0.1, -0.05) is 12.1 Å². The molecule has 2 aromatic carbocycles. The normalized spacial score (nSPS) is 15.0. The number of nitrogens with one attached hydrogen (secondary N) is 1. The number of fused-ring (bicyclic) bond motifs is 1. The lowest BCUT2D eigenvalue weighted by Gasteiger charge is -2.14. The molecule has 1 aliphatic rings. The van der Waals surface area contributed by atoms with Crippen molar-refractivity contribution in [1.82, 2.24) is 0 Å². The molecule has 2 aromatic rings. The quantitative estimate of drug-likeness (QED) is 0.614. The van der Waals surface area contributed by atoms with E-state index in [4.69, 9.17) is 9.47 Å². The van der Waals surface area contributed by atoms with Crippen molar-refractivity contribution in [2.24, 2.45) is 9.98 Å². The van der Waals surface area contributed by atoms with Crippen LogP contribution >= 0.6 is 0 Å². The molecule has 146 valence electrons. The van der Waals surface area contributed by atoms with E-state index in [1.165, 1.54) is 13.0 Å². The van der Waals surface area contributed by atoms with Crippen LogP contribution in [0.1, 0.15) is 28.4 Å². The summed E-state index contributed by atoms with van der Waals surface area (Å²) in [5, 5.41) is 3.24. The Bertz CT molecular complexity index is 936. The van der Waals surface area contributed by atoms with Gasteiger partial charge in [-0.05, 0) is 37.3 Å². The third-order valence-corrected chi connectivity index (χ3v) is 4.43. The fourth-order valence-electron chi connectivity index (χ4n) is 2.91. The summed E-state index contributed by atoms with van der Waals surface area (Å²) in [6.07, 6.45) is -0.466. The lowest BCUT2D eigenvalue weighted by molar-refractivity contribution is -0.0936. The highest BCUT2D eigenvalue weighted by Gasteiger charge is 2.21. The summed E-state index contributed by atoms with van der Waals surface area (Å²) in [4.78, 5) is 20.9. The van der Waals surface area contributed by atoms with Gasteiger partial charge >= 0.3 is 0 Å². The molecule has 1 N–H and O–H groups in total. The van der Waals surface area contributed by atoms with Crippen LogP contribution in [0.2, 0.25) is 0 Å². The topological polar surface area (TPSA) is 72.3 Å². The number of carbonyl (C=O) groups excluding carboxylic acids is 1. The molecule has 0 atom stereocenters. The number of amidine groups is 1. The SMILES string of the molecule is COC(CN=C1CN=C(c2ccccc2F)c2cc(C(C)=O)ccc2N1)OC. The van der Waals surface area contributed by atoms with Gasteiger partial charge in [0.15, 0.2) is 12.1 Å². The number of benzene rings is 2. The fraction of sp³-hybridized carbons (Fsp3) is 0.286. The van der Waals surface area contributed by atoms with Gasteiger partial charge in [-0.2, -0.15) is 0 Å². The first-order chi connectivity index (χ1) is 13.5. The van der Waals surface area contributed by atoms with Crippen molar-refractivity contribution in [2.45, 2.75) is 13.2 Å². The van der Waals surface area contributed by atoms with Crippen LogP contribution in [0.4, 0.5) is 10.1 Å². The molecule has 28 heavy (non-hydrogen) atoms.